The molecule has 0 aliphatic carbocycles. The van der Waals surface area contributed by atoms with E-state index < -0.39 is 0 Å². The second-order valence-electron chi connectivity index (χ2n) is 9.25. The number of carbonyl (C=O) groups is 2. The molecule has 1 aliphatic rings. The highest BCUT2D eigenvalue weighted by Crippen LogP contribution is 2.21. The van der Waals surface area contributed by atoms with Crippen LogP contribution >= 0.6 is 0 Å². The van der Waals surface area contributed by atoms with Gasteiger partial charge in [0.25, 0.3) is 0 Å². The fraction of sp³-hybridized carbons (Fsp3) is 0.333. The average Bonchev–Trinajstić information content (AvgIpc) is 2.91. The minimum Gasteiger partial charge on any atom is -0.368 e. The van der Waals surface area contributed by atoms with E-state index in [1.807, 2.05) is 65.6 Å². The summed E-state index contributed by atoms with van der Waals surface area (Å²) in [5, 5.41) is 6.10. The van der Waals surface area contributed by atoms with Crippen molar-refractivity contribution < 1.29 is 9.59 Å². The normalized spacial score (nSPS) is 13.4. The van der Waals surface area contributed by atoms with Gasteiger partial charge in [-0.2, -0.15) is 0 Å². The lowest BCUT2D eigenvalue weighted by Crippen LogP contribution is -2.50. The summed E-state index contributed by atoms with van der Waals surface area (Å²) >= 11 is 0. The smallest absolute Gasteiger partial charge is 0.321 e. The summed E-state index contributed by atoms with van der Waals surface area (Å²) in [5.41, 5.74) is 5.26. The van der Waals surface area contributed by atoms with Crippen molar-refractivity contribution in [2.75, 3.05) is 41.7 Å². The van der Waals surface area contributed by atoms with Gasteiger partial charge in [-0.05, 0) is 60.7 Å². The number of hydrogen-bond acceptors (Lipinski definition) is 3. The van der Waals surface area contributed by atoms with Crippen LogP contribution in [-0.2, 0) is 17.6 Å². The van der Waals surface area contributed by atoms with Crippen molar-refractivity contribution in [3.05, 3.63) is 90.0 Å². The lowest BCUT2D eigenvalue weighted by molar-refractivity contribution is -0.116. The highest BCUT2D eigenvalue weighted by Gasteiger charge is 2.22. The Hall–Kier alpha value is -3.80. The number of anilines is 3. The molecule has 188 valence electrons. The molecule has 6 heteroatoms. The Kier molecular flexibility index (Phi) is 8.98. The largest absolute Gasteiger partial charge is 0.368 e. The van der Waals surface area contributed by atoms with E-state index in [4.69, 9.17) is 0 Å². The van der Waals surface area contributed by atoms with Gasteiger partial charge in [0.15, 0.2) is 0 Å². The number of carbonyl (C=O) groups excluding carboxylic acids is 2. The van der Waals surface area contributed by atoms with Gasteiger partial charge in [0.2, 0.25) is 5.91 Å². The number of piperazine rings is 1. The topological polar surface area (TPSA) is 64.7 Å². The Balaban J connectivity index is 1.21. The Morgan fingerprint density at radius 3 is 2.19 bits per heavy atom. The van der Waals surface area contributed by atoms with E-state index in [-0.39, 0.29) is 11.9 Å². The van der Waals surface area contributed by atoms with E-state index in [1.165, 1.54) is 11.1 Å². The van der Waals surface area contributed by atoms with Crippen LogP contribution in [0.1, 0.15) is 37.3 Å². The number of aryl methyl sites for hydroxylation is 2. The molecule has 1 heterocycles. The standard InChI is InChI=1S/C30H36N4O2/c1-2-9-25-13-6-7-14-28(25)32-30(36)34-22-20-33(21-23-34)27-18-16-26(17-19-27)31-29(35)15-8-12-24-10-4-3-5-11-24/h3-7,10-11,13-14,16-19H,2,8-9,12,15,20-23H2,1H3,(H,31,35)(H,32,36). The zero-order valence-electron chi connectivity index (χ0n) is 21.1. The van der Waals surface area contributed by atoms with Gasteiger partial charge in [-0.1, -0.05) is 61.9 Å². The number of rotatable bonds is 9. The van der Waals surface area contributed by atoms with Gasteiger partial charge in [-0.25, -0.2) is 4.79 Å². The molecule has 1 saturated heterocycles. The summed E-state index contributed by atoms with van der Waals surface area (Å²) < 4.78 is 0. The molecule has 36 heavy (non-hydrogen) atoms. The zero-order chi connectivity index (χ0) is 25.2. The van der Waals surface area contributed by atoms with E-state index >= 15 is 0 Å². The number of benzene rings is 3. The van der Waals surface area contributed by atoms with E-state index in [1.54, 1.807) is 0 Å². The number of nitrogens with zero attached hydrogens (tertiary/aromatic N) is 2. The first kappa shape index (κ1) is 25.3. The maximum Gasteiger partial charge on any atom is 0.321 e. The van der Waals surface area contributed by atoms with Crippen molar-refractivity contribution in [3.8, 4) is 0 Å². The maximum absolute atomic E-state index is 12.8. The van der Waals surface area contributed by atoms with Crippen molar-refractivity contribution >= 4 is 29.0 Å². The Morgan fingerprint density at radius 2 is 1.47 bits per heavy atom. The first-order valence-corrected chi connectivity index (χ1v) is 12.9. The summed E-state index contributed by atoms with van der Waals surface area (Å²) in [7, 11) is 0. The molecule has 0 aromatic heterocycles. The van der Waals surface area contributed by atoms with Gasteiger partial charge in [0.1, 0.15) is 0 Å². The molecular weight excluding hydrogens is 448 g/mol. The molecule has 2 N–H and O–H groups in total. The monoisotopic (exact) mass is 484 g/mol. The third-order valence-electron chi connectivity index (χ3n) is 6.57. The average molecular weight is 485 g/mol. The molecule has 0 radical (unpaired) electrons. The summed E-state index contributed by atoms with van der Waals surface area (Å²) in [4.78, 5) is 29.3. The molecule has 0 bridgehead atoms. The maximum atomic E-state index is 12.8. The predicted octanol–water partition coefficient (Wildman–Crippen LogP) is 5.95. The molecular formula is C30H36N4O2. The van der Waals surface area contributed by atoms with E-state index in [9.17, 15) is 9.59 Å². The third kappa shape index (κ3) is 7.11. The molecule has 0 spiro atoms. The zero-order valence-corrected chi connectivity index (χ0v) is 21.1. The Bertz CT molecular complexity index is 1120. The van der Waals surface area contributed by atoms with Crippen molar-refractivity contribution in [1.29, 1.82) is 0 Å². The molecule has 1 fully saturated rings. The third-order valence-corrected chi connectivity index (χ3v) is 6.57. The van der Waals surface area contributed by atoms with Crippen molar-refractivity contribution in [2.24, 2.45) is 0 Å². The first-order valence-electron chi connectivity index (χ1n) is 12.9. The second kappa shape index (κ2) is 12.8. The predicted molar refractivity (Wildman–Crippen MR) is 148 cm³/mol. The number of amides is 3. The van der Waals surface area contributed by atoms with Crippen LogP contribution in [0.2, 0.25) is 0 Å². The van der Waals surface area contributed by atoms with Crippen LogP contribution in [0.4, 0.5) is 21.9 Å². The van der Waals surface area contributed by atoms with Crippen molar-refractivity contribution in [3.63, 3.8) is 0 Å². The molecule has 1 aliphatic heterocycles. The van der Waals surface area contributed by atoms with Gasteiger partial charge in [0.05, 0.1) is 0 Å². The second-order valence-corrected chi connectivity index (χ2v) is 9.25. The summed E-state index contributed by atoms with van der Waals surface area (Å²) in [6.07, 6.45) is 4.23. The van der Waals surface area contributed by atoms with Crippen LogP contribution in [0.15, 0.2) is 78.9 Å². The summed E-state index contributed by atoms with van der Waals surface area (Å²) in [6.45, 7) is 5.03. The Morgan fingerprint density at radius 1 is 0.778 bits per heavy atom. The van der Waals surface area contributed by atoms with Crippen LogP contribution < -0.4 is 15.5 Å². The van der Waals surface area contributed by atoms with Gasteiger partial charge in [0, 0.05) is 49.7 Å². The fourth-order valence-corrected chi connectivity index (χ4v) is 4.57. The first-order chi connectivity index (χ1) is 17.6. The van der Waals surface area contributed by atoms with E-state index in [2.05, 4.69) is 40.7 Å². The molecule has 3 aromatic rings. The molecule has 0 saturated carbocycles. The molecule has 0 atom stereocenters. The lowest BCUT2D eigenvalue weighted by atomic mass is 10.1. The number of urea groups is 1. The molecule has 0 unspecified atom stereocenters. The molecule has 6 nitrogen and oxygen atoms in total. The van der Waals surface area contributed by atoms with Crippen LogP contribution in [0.25, 0.3) is 0 Å². The minimum absolute atomic E-state index is 0.0384. The van der Waals surface area contributed by atoms with E-state index in [0.29, 0.717) is 19.5 Å². The molecule has 4 rings (SSSR count). The van der Waals surface area contributed by atoms with Crippen LogP contribution in [0.3, 0.4) is 0 Å². The van der Waals surface area contributed by atoms with Crippen LogP contribution in [-0.4, -0.2) is 43.0 Å². The number of para-hydroxylation sites is 1. The van der Waals surface area contributed by atoms with Gasteiger partial charge in [-0.3, -0.25) is 4.79 Å². The Labute approximate surface area is 214 Å². The quantitative estimate of drug-likeness (QED) is 0.394. The fourth-order valence-electron chi connectivity index (χ4n) is 4.57. The highest BCUT2D eigenvalue weighted by molar-refractivity contribution is 5.91. The van der Waals surface area contributed by atoms with Crippen LogP contribution in [0.5, 0.6) is 0 Å². The number of hydrogen-bond donors (Lipinski definition) is 2. The summed E-state index contributed by atoms with van der Waals surface area (Å²) in [6, 6.07) is 26.2. The highest BCUT2D eigenvalue weighted by atomic mass is 16.2. The van der Waals surface area contributed by atoms with Gasteiger partial charge in [-0.15, -0.1) is 0 Å². The van der Waals surface area contributed by atoms with Gasteiger partial charge >= 0.3 is 6.03 Å². The van der Waals surface area contributed by atoms with Crippen molar-refractivity contribution in [2.45, 2.75) is 39.0 Å². The van der Waals surface area contributed by atoms with E-state index in [0.717, 1.165) is 55.8 Å². The lowest BCUT2D eigenvalue weighted by Gasteiger charge is -2.36. The van der Waals surface area contributed by atoms with Gasteiger partial charge < -0.3 is 20.4 Å². The minimum atomic E-state index is -0.0384. The van der Waals surface area contributed by atoms with Crippen LogP contribution in [0, 0.1) is 0 Å². The summed E-state index contributed by atoms with van der Waals surface area (Å²) in [5.74, 6) is 0.0406. The SMILES string of the molecule is CCCc1ccccc1NC(=O)N1CCN(c2ccc(NC(=O)CCCc3ccccc3)cc2)CC1. The van der Waals surface area contributed by atoms with Crippen molar-refractivity contribution in [1.82, 2.24) is 4.90 Å². The number of nitrogens with one attached hydrogen (secondary N) is 2. The molecule has 3 aromatic carbocycles. The molecule has 3 amide bonds.